The number of sulfone groups is 1. The van der Waals surface area contributed by atoms with Crippen LogP contribution < -0.4 is 5.32 Å². The first-order chi connectivity index (χ1) is 16.8. The van der Waals surface area contributed by atoms with Gasteiger partial charge in [-0.2, -0.15) is 5.10 Å². The van der Waals surface area contributed by atoms with Gasteiger partial charge in [0.15, 0.2) is 15.7 Å². The van der Waals surface area contributed by atoms with Gasteiger partial charge in [-0.15, -0.1) is 0 Å². The summed E-state index contributed by atoms with van der Waals surface area (Å²) in [6, 6.07) is 13.3. The highest BCUT2D eigenvalue weighted by atomic mass is 32.2. The zero-order valence-electron chi connectivity index (χ0n) is 18.5. The van der Waals surface area contributed by atoms with E-state index in [0.717, 1.165) is 5.56 Å². The Morgan fingerprint density at radius 1 is 1.20 bits per heavy atom. The van der Waals surface area contributed by atoms with E-state index in [2.05, 4.69) is 20.7 Å². The minimum Gasteiger partial charge on any atom is -0.360 e. The second-order valence-electron chi connectivity index (χ2n) is 8.07. The lowest BCUT2D eigenvalue weighted by Gasteiger charge is -2.08. The van der Waals surface area contributed by atoms with Crippen molar-refractivity contribution < 1.29 is 22.1 Å². The van der Waals surface area contributed by atoms with Crippen LogP contribution in [-0.2, 0) is 21.2 Å². The molecule has 2 aromatic carbocycles. The fourth-order valence-electron chi connectivity index (χ4n) is 3.93. The van der Waals surface area contributed by atoms with Crippen molar-refractivity contribution in [3.05, 3.63) is 84.3 Å². The van der Waals surface area contributed by atoms with Crippen LogP contribution in [0.15, 0.2) is 76.5 Å². The van der Waals surface area contributed by atoms with Gasteiger partial charge >= 0.3 is 0 Å². The first-order valence-electron chi connectivity index (χ1n) is 10.6. The number of anilines is 1. The number of halogens is 1. The van der Waals surface area contributed by atoms with E-state index in [1.165, 1.54) is 24.5 Å². The Kier molecular flexibility index (Phi) is 5.69. The van der Waals surface area contributed by atoms with E-state index in [1.54, 1.807) is 54.1 Å². The highest BCUT2D eigenvalue weighted by molar-refractivity contribution is 7.92. The number of amides is 1. The van der Waals surface area contributed by atoms with Gasteiger partial charge in [-0.3, -0.25) is 9.89 Å². The van der Waals surface area contributed by atoms with Crippen LogP contribution in [0.2, 0.25) is 0 Å². The number of aryl methyl sites for hydroxylation is 1. The van der Waals surface area contributed by atoms with Crippen molar-refractivity contribution in [1.29, 1.82) is 0 Å². The van der Waals surface area contributed by atoms with E-state index in [-0.39, 0.29) is 16.5 Å². The molecule has 1 amide bonds. The van der Waals surface area contributed by atoms with Gasteiger partial charge in [0.05, 0.1) is 11.1 Å². The third kappa shape index (κ3) is 4.58. The maximum Gasteiger partial charge on any atom is 0.241 e. The smallest absolute Gasteiger partial charge is 0.241 e. The normalized spacial score (nSPS) is 11.7. The third-order valence-electron chi connectivity index (χ3n) is 5.50. The van der Waals surface area contributed by atoms with Crippen LogP contribution in [0.3, 0.4) is 0 Å². The maximum atomic E-state index is 14.4. The van der Waals surface area contributed by atoms with Crippen molar-refractivity contribution in [3.63, 3.8) is 0 Å². The zero-order valence-corrected chi connectivity index (χ0v) is 19.3. The number of carbonyl (C=O) groups is 1. The van der Waals surface area contributed by atoms with E-state index >= 15 is 0 Å². The van der Waals surface area contributed by atoms with E-state index in [1.807, 2.05) is 0 Å². The summed E-state index contributed by atoms with van der Waals surface area (Å²) in [7, 11) is -3.98. The molecule has 0 atom stereocenters. The summed E-state index contributed by atoms with van der Waals surface area (Å²) >= 11 is 0. The van der Waals surface area contributed by atoms with Crippen LogP contribution >= 0.6 is 0 Å². The van der Waals surface area contributed by atoms with E-state index < -0.39 is 21.5 Å². The molecule has 0 saturated heterocycles. The van der Waals surface area contributed by atoms with Crippen LogP contribution in [0.4, 0.5) is 10.2 Å². The van der Waals surface area contributed by atoms with Gasteiger partial charge in [-0.25, -0.2) is 12.8 Å². The number of carbonyl (C=O) groups excluding carboxylic acids is 1. The van der Waals surface area contributed by atoms with Crippen LogP contribution in [0.25, 0.3) is 22.0 Å². The molecular weight excluding hydrogens is 473 g/mol. The molecule has 0 aliphatic rings. The van der Waals surface area contributed by atoms with Crippen LogP contribution in [0.5, 0.6) is 0 Å². The number of aromatic amines is 1. The molecule has 0 radical (unpaired) electrons. The van der Waals surface area contributed by atoms with Crippen LogP contribution in [0.1, 0.15) is 11.3 Å². The van der Waals surface area contributed by atoms with E-state index in [0.29, 0.717) is 34.3 Å². The Balaban J connectivity index is 1.46. The lowest BCUT2D eigenvalue weighted by atomic mass is 10.1. The summed E-state index contributed by atoms with van der Waals surface area (Å²) in [5.41, 5.74) is 2.44. The first kappa shape index (κ1) is 22.5. The molecule has 178 valence electrons. The van der Waals surface area contributed by atoms with Gasteiger partial charge in [0, 0.05) is 47.0 Å². The van der Waals surface area contributed by atoms with Crippen molar-refractivity contribution in [3.8, 4) is 11.1 Å². The molecule has 3 heterocycles. The molecular formula is C24H20FN5O4S. The zero-order chi connectivity index (χ0) is 24.6. The number of benzene rings is 2. The predicted molar refractivity (Wildman–Crippen MR) is 127 cm³/mol. The number of para-hydroxylation sites is 1. The fraction of sp³-hybridized carbons (Fsp3) is 0.125. The minimum absolute atomic E-state index is 0.0387. The molecule has 0 saturated carbocycles. The number of nitrogens with one attached hydrogen (secondary N) is 2. The number of hydrogen-bond acceptors (Lipinski definition) is 6. The summed E-state index contributed by atoms with van der Waals surface area (Å²) in [5, 5.41) is 13.1. The Bertz CT molecular complexity index is 1640. The molecule has 9 nitrogen and oxygen atoms in total. The molecule has 5 rings (SSSR count). The average Bonchev–Trinajstić information content (AvgIpc) is 3.56. The number of nitrogens with zero attached hydrogens (tertiary/aromatic N) is 3. The molecule has 0 unspecified atom stereocenters. The molecule has 0 bridgehead atoms. The summed E-state index contributed by atoms with van der Waals surface area (Å²) in [6.45, 7) is 1.96. The Morgan fingerprint density at radius 2 is 2.03 bits per heavy atom. The lowest BCUT2D eigenvalue weighted by Crippen LogP contribution is -2.23. The van der Waals surface area contributed by atoms with E-state index in [9.17, 15) is 17.6 Å². The van der Waals surface area contributed by atoms with Gasteiger partial charge < -0.3 is 14.4 Å². The molecule has 11 heteroatoms. The molecule has 0 fully saturated rings. The Labute approximate surface area is 199 Å². The molecule has 3 aromatic heterocycles. The van der Waals surface area contributed by atoms with E-state index in [4.69, 9.17) is 4.52 Å². The molecule has 0 aliphatic heterocycles. The van der Waals surface area contributed by atoms with Crippen LogP contribution in [0, 0.1) is 12.7 Å². The number of H-pyrrole nitrogens is 1. The number of fused-ring (bicyclic) bond motifs is 1. The quantitative estimate of drug-likeness (QED) is 0.354. The summed E-state index contributed by atoms with van der Waals surface area (Å²) in [4.78, 5) is 12.4. The lowest BCUT2D eigenvalue weighted by molar-refractivity contribution is -0.113. The minimum atomic E-state index is -3.98. The summed E-state index contributed by atoms with van der Waals surface area (Å²) in [6.07, 6.45) is 4.64. The number of hydrogen-bond donors (Lipinski definition) is 2. The van der Waals surface area contributed by atoms with Gasteiger partial charge in [0.25, 0.3) is 0 Å². The molecule has 2 N–H and O–H groups in total. The SMILES string of the molecule is Cc1cc(NC(=O)CS(=O)(=O)c2cn(Cc3ccc(F)c(-c4cn[nH]c4)c3)c3ccccc23)no1. The monoisotopic (exact) mass is 493 g/mol. The van der Waals surface area contributed by atoms with Crippen molar-refractivity contribution in [2.45, 2.75) is 18.4 Å². The van der Waals surface area contributed by atoms with Crippen molar-refractivity contribution in [2.24, 2.45) is 0 Å². The Hall–Kier alpha value is -4.25. The predicted octanol–water partition coefficient (Wildman–Crippen LogP) is 3.93. The third-order valence-corrected chi connectivity index (χ3v) is 7.13. The van der Waals surface area contributed by atoms with Crippen molar-refractivity contribution in [2.75, 3.05) is 11.1 Å². The molecule has 5 aromatic rings. The van der Waals surface area contributed by atoms with Crippen LogP contribution in [-0.4, -0.2) is 40.0 Å². The highest BCUT2D eigenvalue weighted by Gasteiger charge is 2.25. The summed E-state index contributed by atoms with van der Waals surface area (Å²) in [5.74, 6) is -1.23. The second-order valence-corrected chi connectivity index (χ2v) is 10.0. The van der Waals surface area contributed by atoms with Gasteiger partial charge in [0.2, 0.25) is 5.91 Å². The topological polar surface area (TPSA) is 123 Å². The van der Waals surface area contributed by atoms with Crippen molar-refractivity contribution >= 4 is 32.5 Å². The van der Waals surface area contributed by atoms with Crippen molar-refractivity contribution in [1.82, 2.24) is 19.9 Å². The molecule has 0 spiro atoms. The number of aromatic nitrogens is 4. The number of rotatable bonds is 7. The first-order valence-corrected chi connectivity index (χ1v) is 12.3. The average molecular weight is 494 g/mol. The second kappa shape index (κ2) is 8.84. The molecule has 35 heavy (non-hydrogen) atoms. The standard InChI is InChI=1S/C24H20FN5O4S/c1-15-8-23(29-34-15)28-24(31)14-35(32,33)22-13-30(21-5-3-2-4-18(21)22)12-16-6-7-20(25)19(9-16)17-10-26-27-11-17/h2-11,13H,12,14H2,1H3,(H,26,27)(H,28,29,31). The van der Waals surface area contributed by atoms with Gasteiger partial charge in [-0.05, 0) is 30.7 Å². The fourth-order valence-corrected chi connectivity index (χ4v) is 5.30. The Morgan fingerprint density at radius 3 is 2.77 bits per heavy atom. The van der Waals surface area contributed by atoms with Gasteiger partial charge in [0.1, 0.15) is 17.3 Å². The largest absolute Gasteiger partial charge is 0.360 e. The highest BCUT2D eigenvalue weighted by Crippen LogP contribution is 2.29. The summed E-state index contributed by atoms with van der Waals surface area (Å²) < 4.78 is 47.4. The maximum absolute atomic E-state index is 14.4. The van der Waals surface area contributed by atoms with Gasteiger partial charge in [-0.1, -0.05) is 29.4 Å². The molecule has 0 aliphatic carbocycles.